The zero-order valence-corrected chi connectivity index (χ0v) is 12.5. The van der Waals surface area contributed by atoms with Crippen LogP contribution in [0.4, 0.5) is 0 Å². The van der Waals surface area contributed by atoms with Gasteiger partial charge in [-0.1, -0.05) is 18.0 Å². The van der Waals surface area contributed by atoms with Crippen molar-refractivity contribution in [3.8, 4) is 0 Å². The Hall–Kier alpha value is -0.620. The highest BCUT2D eigenvalue weighted by atomic mass is 35.5. The van der Waals surface area contributed by atoms with Crippen LogP contribution in [0.3, 0.4) is 0 Å². The number of hydrogen-bond acceptors (Lipinski definition) is 3. The largest absolute Gasteiger partial charge is 0.313 e. The molecule has 0 aromatic heterocycles. The van der Waals surface area contributed by atoms with E-state index in [1.807, 2.05) is 0 Å². The lowest BCUT2D eigenvalue weighted by Gasteiger charge is -2.27. The monoisotopic (exact) mass is 302 g/mol. The Balaban J connectivity index is 2.07. The molecule has 1 N–H and O–H groups in total. The molecule has 1 atom stereocenters. The summed E-state index contributed by atoms with van der Waals surface area (Å²) in [5.74, 6) is 0. The fraction of sp³-hybridized carbons (Fsp3) is 0.538. The van der Waals surface area contributed by atoms with Crippen LogP contribution in [0.2, 0.25) is 5.02 Å². The molecule has 0 spiro atoms. The van der Waals surface area contributed by atoms with E-state index in [0.29, 0.717) is 11.6 Å². The molecular formula is C13H19ClN2O2S. The predicted molar refractivity (Wildman–Crippen MR) is 76.9 cm³/mol. The number of likely N-dealkylation sites (N-methyl/N-ethyl adjacent to an activating group) is 1. The quantitative estimate of drug-likeness (QED) is 0.926. The molecule has 1 aromatic rings. The fourth-order valence-corrected chi connectivity index (χ4v) is 3.62. The molecule has 1 aromatic carbocycles. The second-order valence-electron chi connectivity index (χ2n) is 4.89. The van der Waals surface area contributed by atoms with E-state index in [2.05, 4.69) is 5.32 Å². The second kappa shape index (κ2) is 6.22. The number of nitrogens with zero attached hydrogens (tertiary/aromatic N) is 1. The molecule has 106 valence electrons. The summed E-state index contributed by atoms with van der Waals surface area (Å²) in [6.45, 7) is 1.48. The molecule has 2 rings (SSSR count). The molecule has 0 bridgehead atoms. The maximum Gasteiger partial charge on any atom is 0.242 e. The Bertz CT molecular complexity index is 510. The van der Waals surface area contributed by atoms with Crippen molar-refractivity contribution in [2.24, 2.45) is 0 Å². The number of rotatable bonds is 4. The van der Waals surface area contributed by atoms with Crippen LogP contribution >= 0.6 is 11.6 Å². The van der Waals surface area contributed by atoms with E-state index in [1.54, 1.807) is 31.3 Å². The van der Waals surface area contributed by atoms with Gasteiger partial charge >= 0.3 is 0 Å². The van der Waals surface area contributed by atoms with Crippen molar-refractivity contribution in [3.63, 3.8) is 0 Å². The highest BCUT2D eigenvalue weighted by Crippen LogP contribution is 2.18. The van der Waals surface area contributed by atoms with Gasteiger partial charge in [0, 0.05) is 24.7 Å². The van der Waals surface area contributed by atoms with Crippen LogP contribution in [0.25, 0.3) is 0 Å². The molecule has 1 saturated heterocycles. The lowest BCUT2D eigenvalue weighted by molar-refractivity contribution is 0.337. The van der Waals surface area contributed by atoms with E-state index in [1.165, 1.54) is 10.7 Å². The Morgan fingerprint density at radius 3 is 2.58 bits per heavy atom. The van der Waals surface area contributed by atoms with E-state index in [-0.39, 0.29) is 10.9 Å². The Morgan fingerprint density at radius 1 is 1.32 bits per heavy atom. The van der Waals surface area contributed by atoms with Gasteiger partial charge in [0.15, 0.2) is 0 Å². The van der Waals surface area contributed by atoms with E-state index >= 15 is 0 Å². The van der Waals surface area contributed by atoms with Crippen LogP contribution < -0.4 is 5.32 Å². The molecule has 0 amide bonds. The third-order valence-electron chi connectivity index (χ3n) is 3.41. The molecule has 1 heterocycles. The van der Waals surface area contributed by atoms with Crippen molar-refractivity contribution in [2.75, 3.05) is 20.1 Å². The average molecular weight is 303 g/mol. The van der Waals surface area contributed by atoms with E-state index in [9.17, 15) is 8.42 Å². The first-order chi connectivity index (χ1) is 9.00. The molecular weight excluding hydrogens is 284 g/mol. The standard InChI is InChI=1S/C13H19ClN2O2S/c1-16(10-12-4-2-3-9-15-12)19(17,18)13-7-5-11(14)6-8-13/h5-8,12,15H,2-4,9-10H2,1H3. The van der Waals surface area contributed by atoms with Gasteiger partial charge in [-0.15, -0.1) is 0 Å². The second-order valence-corrected chi connectivity index (χ2v) is 7.37. The van der Waals surface area contributed by atoms with Gasteiger partial charge in [0.05, 0.1) is 4.90 Å². The first-order valence-electron chi connectivity index (χ1n) is 6.45. The fourth-order valence-electron chi connectivity index (χ4n) is 2.27. The van der Waals surface area contributed by atoms with Crippen LogP contribution in [0.5, 0.6) is 0 Å². The van der Waals surface area contributed by atoms with Crippen LogP contribution in [0, 0.1) is 0 Å². The smallest absolute Gasteiger partial charge is 0.242 e. The lowest BCUT2D eigenvalue weighted by Crippen LogP contribution is -2.44. The number of piperidine rings is 1. The van der Waals surface area contributed by atoms with Crippen molar-refractivity contribution < 1.29 is 8.42 Å². The summed E-state index contributed by atoms with van der Waals surface area (Å²) in [6, 6.07) is 6.54. The Morgan fingerprint density at radius 2 is 2.00 bits per heavy atom. The van der Waals surface area contributed by atoms with Crippen molar-refractivity contribution in [2.45, 2.75) is 30.2 Å². The normalized spacial score (nSPS) is 20.7. The summed E-state index contributed by atoms with van der Waals surface area (Å²) in [5.41, 5.74) is 0. The average Bonchev–Trinajstić information content (AvgIpc) is 2.40. The molecule has 0 aliphatic carbocycles. The van der Waals surface area contributed by atoms with Gasteiger partial charge in [0.2, 0.25) is 10.0 Å². The van der Waals surface area contributed by atoms with E-state index in [4.69, 9.17) is 11.6 Å². The number of halogens is 1. The van der Waals surface area contributed by atoms with Gasteiger partial charge in [0.25, 0.3) is 0 Å². The molecule has 1 fully saturated rings. The zero-order chi connectivity index (χ0) is 13.9. The van der Waals surface area contributed by atoms with Gasteiger partial charge in [-0.05, 0) is 43.7 Å². The summed E-state index contributed by atoms with van der Waals surface area (Å²) < 4.78 is 26.2. The molecule has 19 heavy (non-hydrogen) atoms. The van der Waals surface area contributed by atoms with Crippen molar-refractivity contribution in [3.05, 3.63) is 29.3 Å². The van der Waals surface area contributed by atoms with Crippen molar-refractivity contribution in [1.29, 1.82) is 0 Å². The first-order valence-corrected chi connectivity index (χ1v) is 8.27. The SMILES string of the molecule is CN(CC1CCCCN1)S(=O)(=O)c1ccc(Cl)cc1. The summed E-state index contributed by atoms with van der Waals surface area (Å²) in [4.78, 5) is 0.287. The minimum atomic E-state index is -3.42. The lowest BCUT2D eigenvalue weighted by atomic mass is 10.1. The molecule has 6 heteroatoms. The highest BCUT2D eigenvalue weighted by molar-refractivity contribution is 7.89. The van der Waals surface area contributed by atoms with Crippen LogP contribution in [0.1, 0.15) is 19.3 Å². The van der Waals surface area contributed by atoms with Gasteiger partial charge < -0.3 is 5.32 Å². The predicted octanol–water partition coefficient (Wildman–Crippen LogP) is 2.10. The highest BCUT2D eigenvalue weighted by Gasteiger charge is 2.24. The molecule has 1 aliphatic rings. The third kappa shape index (κ3) is 3.69. The molecule has 0 radical (unpaired) electrons. The van der Waals surface area contributed by atoms with Gasteiger partial charge in [-0.3, -0.25) is 0 Å². The summed E-state index contributed by atoms with van der Waals surface area (Å²) >= 11 is 5.78. The molecule has 1 aliphatic heterocycles. The van der Waals surface area contributed by atoms with Crippen LogP contribution in [-0.4, -0.2) is 38.9 Å². The maximum atomic E-state index is 12.4. The summed E-state index contributed by atoms with van der Waals surface area (Å²) in [5, 5.41) is 3.89. The zero-order valence-electron chi connectivity index (χ0n) is 11.0. The molecule has 4 nitrogen and oxygen atoms in total. The topological polar surface area (TPSA) is 49.4 Å². The number of benzene rings is 1. The van der Waals surface area contributed by atoms with Crippen molar-refractivity contribution in [1.82, 2.24) is 9.62 Å². The van der Waals surface area contributed by atoms with Gasteiger partial charge in [-0.25, -0.2) is 8.42 Å². The number of sulfonamides is 1. The summed E-state index contributed by atoms with van der Waals surface area (Å²) in [7, 11) is -1.80. The number of hydrogen-bond donors (Lipinski definition) is 1. The summed E-state index contributed by atoms with van der Waals surface area (Å²) in [6.07, 6.45) is 3.36. The number of nitrogens with one attached hydrogen (secondary N) is 1. The van der Waals surface area contributed by atoms with Gasteiger partial charge in [0.1, 0.15) is 0 Å². The minimum absolute atomic E-state index is 0.251. The minimum Gasteiger partial charge on any atom is -0.313 e. The maximum absolute atomic E-state index is 12.4. The van der Waals surface area contributed by atoms with Crippen LogP contribution in [0.15, 0.2) is 29.2 Å². The van der Waals surface area contributed by atoms with Crippen LogP contribution in [-0.2, 0) is 10.0 Å². The third-order valence-corrected chi connectivity index (χ3v) is 5.50. The Labute approximate surface area is 119 Å². The Kier molecular flexibility index (Phi) is 4.84. The molecule has 0 saturated carbocycles. The van der Waals surface area contributed by atoms with E-state index in [0.717, 1.165) is 19.4 Å². The van der Waals surface area contributed by atoms with E-state index < -0.39 is 10.0 Å². The van der Waals surface area contributed by atoms with Gasteiger partial charge in [-0.2, -0.15) is 4.31 Å². The van der Waals surface area contributed by atoms with Crippen molar-refractivity contribution >= 4 is 21.6 Å². The molecule has 1 unspecified atom stereocenters. The first kappa shape index (κ1) is 14.8.